The minimum absolute atomic E-state index is 0.250. The summed E-state index contributed by atoms with van der Waals surface area (Å²) in [6.45, 7) is 2.86. The van der Waals surface area contributed by atoms with Crippen LogP contribution in [0.1, 0.15) is 31.5 Å². The molecule has 0 bridgehead atoms. The Morgan fingerprint density at radius 2 is 2.32 bits per heavy atom. The lowest BCUT2D eigenvalue weighted by atomic mass is 9.92. The maximum Gasteiger partial charge on any atom is 0.223 e. The average Bonchev–Trinajstić information content (AvgIpc) is 2.89. The highest BCUT2D eigenvalue weighted by Crippen LogP contribution is 2.58. The number of hydrogen-bond donors (Lipinski definition) is 3. The van der Waals surface area contributed by atoms with Crippen molar-refractivity contribution in [1.29, 1.82) is 0 Å². The number of carbonyl (C=O) groups excluding carboxylic acids is 1. The molecule has 1 saturated heterocycles. The Hall–Kier alpha value is -1.43. The molecule has 1 unspecified atom stereocenters. The maximum atomic E-state index is 12.1. The van der Waals surface area contributed by atoms with Gasteiger partial charge in [-0.2, -0.15) is 5.10 Å². The van der Waals surface area contributed by atoms with Crippen LogP contribution < -0.4 is 10.6 Å². The summed E-state index contributed by atoms with van der Waals surface area (Å²) in [5.74, 6) is 1.40. The Kier molecular flexibility index (Phi) is 3.50. The first kappa shape index (κ1) is 12.6. The van der Waals surface area contributed by atoms with Gasteiger partial charge in [-0.1, -0.05) is 0 Å². The number of H-pyrrole nitrogens is 1. The number of piperidine rings is 1. The summed E-state index contributed by atoms with van der Waals surface area (Å²) in [6.07, 6.45) is 6.65. The van der Waals surface area contributed by atoms with Crippen LogP contribution in [0.3, 0.4) is 0 Å². The summed E-state index contributed by atoms with van der Waals surface area (Å²) in [6, 6.07) is 0. The standard InChI is InChI=1S/C13H21N5O/c19-12(10-8-13(10)3-6-14-7-4-13)15-5-1-2-11-16-9-17-18-11/h9-10,14H,1-8H2,(H,15,19)(H,16,17,18). The minimum atomic E-state index is 0.250. The van der Waals surface area contributed by atoms with E-state index in [-0.39, 0.29) is 11.8 Å². The molecule has 3 N–H and O–H groups in total. The lowest BCUT2D eigenvalue weighted by molar-refractivity contribution is -0.123. The van der Waals surface area contributed by atoms with Crippen LogP contribution in [0.5, 0.6) is 0 Å². The van der Waals surface area contributed by atoms with E-state index in [1.165, 1.54) is 6.33 Å². The van der Waals surface area contributed by atoms with Crippen molar-refractivity contribution in [3.63, 3.8) is 0 Å². The molecule has 1 saturated carbocycles. The summed E-state index contributed by atoms with van der Waals surface area (Å²) in [5.41, 5.74) is 0.334. The van der Waals surface area contributed by atoms with Crippen LogP contribution in [-0.2, 0) is 11.2 Å². The monoisotopic (exact) mass is 263 g/mol. The topological polar surface area (TPSA) is 82.7 Å². The van der Waals surface area contributed by atoms with Crippen LogP contribution >= 0.6 is 0 Å². The van der Waals surface area contributed by atoms with Gasteiger partial charge in [-0.15, -0.1) is 0 Å². The van der Waals surface area contributed by atoms with Crippen molar-refractivity contribution < 1.29 is 4.79 Å². The van der Waals surface area contributed by atoms with Crippen LogP contribution in [0, 0.1) is 11.3 Å². The normalized spacial score (nSPS) is 24.3. The van der Waals surface area contributed by atoms with Crippen molar-refractivity contribution in [2.75, 3.05) is 19.6 Å². The van der Waals surface area contributed by atoms with Crippen LogP contribution in [0.15, 0.2) is 6.33 Å². The molecule has 1 aliphatic heterocycles. The third kappa shape index (κ3) is 2.78. The number of aromatic amines is 1. The third-order valence-electron chi connectivity index (χ3n) is 4.46. The molecule has 2 aliphatic rings. The number of nitrogens with zero attached hydrogens (tertiary/aromatic N) is 2. The van der Waals surface area contributed by atoms with E-state index in [1.54, 1.807) is 0 Å². The van der Waals surface area contributed by atoms with Gasteiger partial charge < -0.3 is 10.6 Å². The first-order valence-corrected chi connectivity index (χ1v) is 7.13. The van der Waals surface area contributed by atoms with E-state index in [0.717, 1.165) is 57.6 Å². The van der Waals surface area contributed by atoms with Crippen LogP contribution in [0.4, 0.5) is 0 Å². The Bertz CT molecular complexity index is 424. The first-order valence-electron chi connectivity index (χ1n) is 7.13. The van der Waals surface area contributed by atoms with Gasteiger partial charge in [0.15, 0.2) is 0 Å². The molecular formula is C13H21N5O. The number of aromatic nitrogens is 3. The predicted octanol–water partition coefficient (Wildman–Crippen LogP) is 0.243. The van der Waals surface area contributed by atoms with Crippen LogP contribution in [0.2, 0.25) is 0 Å². The van der Waals surface area contributed by atoms with Crippen molar-refractivity contribution >= 4 is 5.91 Å². The fourth-order valence-electron chi connectivity index (χ4n) is 3.14. The van der Waals surface area contributed by atoms with Crippen molar-refractivity contribution in [2.45, 2.75) is 32.1 Å². The van der Waals surface area contributed by atoms with E-state index in [0.29, 0.717) is 5.41 Å². The van der Waals surface area contributed by atoms with Gasteiger partial charge in [-0.25, -0.2) is 4.98 Å². The second-order valence-electron chi connectivity index (χ2n) is 5.70. The first-order chi connectivity index (χ1) is 9.30. The Balaban J connectivity index is 1.36. The second kappa shape index (κ2) is 5.28. The van der Waals surface area contributed by atoms with Crippen molar-refractivity contribution in [3.05, 3.63) is 12.2 Å². The highest BCUT2D eigenvalue weighted by atomic mass is 16.2. The molecule has 6 heteroatoms. The molecule has 0 aromatic carbocycles. The summed E-state index contributed by atoms with van der Waals surface area (Å²) >= 11 is 0. The van der Waals surface area contributed by atoms with Gasteiger partial charge in [-0.3, -0.25) is 9.89 Å². The quantitative estimate of drug-likeness (QED) is 0.665. The van der Waals surface area contributed by atoms with E-state index in [1.807, 2.05) is 0 Å². The highest BCUT2D eigenvalue weighted by molar-refractivity contribution is 5.82. The Labute approximate surface area is 112 Å². The molecule has 1 atom stereocenters. The zero-order chi connectivity index (χ0) is 13.1. The van der Waals surface area contributed by atoms with E-state index in [2.05, 4.69) is 25.8 Å². The van der Waals surface area contributed by atoms with Gasteiger partial charge in [0, 0.05) is 18.9 Å². The van der Waals surface area contributed by atoms with E-state index in [9.17, 15) is 4.79 Å². The second-order valence-corrected chi connectivity index (χ2v) is 5.70. The number of carbonyl (C=O) groups is 1. The molecule has 104 valence electrons. The molecule has 1 aliphatic carbocycles. The van der Waals surface area contributed by atoms with Gasteiger partial charge in [0.05, 0.1) is 0 Å². The molecule has 3 rings (SSSR count). The highest BCUT2D eigenvalue weighted by Gasteiger charge is 2.57. The van der Waals surface area contributed by atoms with E-state index < -0.39 is 0 Å². The number of nitrogens with one attached hydrogen (secondary N) is 3. The molecule has 1 aromatic heterocycles. The number of aryl methyl sites for hydroxylation is 1. The van der Waals surface area contributed by atoms with E-state index in [4.69, 9.17) is 0 Å². The van der Waals surface area contributed by atoms with Crippen molar-refractivity contribution in [3.8, 4) is 0 Å². The van der Waals surface area contributed by atoms with Gasteiger partial charge in [-0.05, 0) is 44.2 Å². The van der Waals surface area contributed by atoms with Crippen molar-refractivity contribution in [2.24, 2.45) is 11.3 Å². The Morgan fingerprint density at radius 3 is 3.05 bits per heavy atom. The largest absolute Gasteiger partial charge is 0.356 e. The molecule has 2 fully saturated rings. The van der Waals surface area contributed by atoms with Gasteiger partial charge in [0.25, 0.3) is 0 Å². The summed E-state index contributed by atoms with van der Waals surface area (Å²) < 4.78 is 0. The van der Waals surface area contributed by atoms with Gasteiger partial charge in [0.2, 0.25) is 5.91 Å². The summed E-state index contributed by atoms with van der Waals surface area (Å²) in [5, 5.41) is 13.0. The smallest absolute Gasteiger partial charge is 0.223 e. The molecule has 0 radical (unpaired) electrons. The van der Waals surface area contributed by atoms with E-state index >= 15 is 0 Å². The predicted molar refractivity (Wildman–Crippen MR) is 70.4 cm³/mol. The van der Waals surface area contributed by atoms with Gasteiger partial charge in [0.1, 0.15) is 12.2 Å². The number of rotatable bonds is 5. The average molecular weight is 263 g/mol. The fourth-order valence-corrected chi connectivity index (χ4v) is 3.14. The SMILES string of the molecule is O=C(NCCCc1ncn[nH]1)C1CC12CCNCC2. The lowest BCUT2D eigenvalue weighted by Gasteiger charge is -2.23. The molecule has 2 heterocycles. The third-order valence-corrected chi connectivity index (χ3v) is 4.46. The number of amides is 1. The minimum Gasteiger partial charge on any atom is -0.356 e. The molecule has 1 amide bonds. The summed E-state index contributed by atoms with van der Waals surface area (Å²) in [7, 11) is 0. The van der Waals surface area contributed by atoms with Crippen molar-refractivity contribution in [1.82, 2.24) is 25.8 Å². The molecule has 1 aromatic rings. The van der Waals surface area contributed by atoms with Gasteiger partial charge >= 0.3 is 0 Å². The molecular weight excluding hydrogens is 242 g/mol. The lowest BCUT2D eigenvalue weighted by Crippen LogP contribution is -2.34. The number of hydrogen-bond acceptors (Lipinski definition) is 4. The molecule has 6 nitrogen and oxygen atoms in total. The summed E-state index contributed by atoms with van der Waals surface area (Å²) in [4.78, 5) is 16.1. The Morgan fingerprint density at radius 1 is 1.47 bits per heavy atom. The fraction of sp³-hybridized carbons (Fsp3) is 0.769. The molecule has 1 spiro atoms. The van der Waals surface area contributed by atoms with Crippen LogP contribution in [-0.4, -0.2) is 40.7 Å². The molecule has 19 heavy (non-hydrogen) atoms. The maximum absolute atomic E-state index is 12.1. The zero-order valence-electron chi connectivity index (χ0n) is 11.1. The van der Waals surface area contributed by atoms with Crippen LogP contribution in [0.25, 0.3) is 0 Å². The zero-order valence-corrected chi connectivity index (χ0v) is 11.1.